The molecule has 0 saturated heterocycles. The lowest BCUT2D eigenvalue weighted by Gasteiger charge is -2.04. The number of ether oxygens (including phenoxy) is 4. The van der Waals surface area contributed by atoms with Gasteiger partial charge in [-0.15, -0.1) is 0 Å². The lowest BCUT2D eigenvalue weighted by atomic mass is 10.0. The Bertz CT molecular complexity index is 1100. The van der Waals surface area contributed by atoms with Crippen LogP contribution >= 0.6 is 0 Å². The molecular weight excluding hydrogens is 464 g/mol. The Balaban J connectivity index is 2.00. The van der Waals surface area contributed by atoms with E-state index in [1.54, 1.807) is 24.3 Å². The highest BCUT2D eigenvalue weighted by atomic mass is 16.5. The second-order valence-electron chi connectivity index (χ2n) is 7.38. The minimum Gasteiger partial charge on any atom is -0.465 e. The zero-order valence-electron chi connectivity index (χ0n) is 20.6. The number of hydrogen-bond donors (Lipinski definition) is 0. The summed E-state index contributed by atoms with van der Waals surface area (Å²) >= 11 is 0. The second-order valence-corrected chi connectivity index (χ2v) is 7.38. The van der Waals surface area contributed by atoms with Crippen molar-refractivity contribution in [3.8, 4) is 23.7 Å². The zero-order chi connectivity index (χ0) is 26.5. The fourth-order valence-electron chi connectivity index (χ4n) is 3.10. The van der Waals surface area contributed by atoms with Crippen molar-refractivity contribution in [1.82, 2.24) is 0 Å². The molecule has 8 nitrogen and oxygen atoms in total. The van der Waals surface area contributed by atoms with Crippen molar-refractivity contribution >= 4 is 23.9 Å². The first-order valence-electron chi connectivity index (χ1n) is 10.9. The van der Waals surface area contributed by atoms with Crippen molar-refractivity contribution in [3.05, 3.63) is 69.8 Å². The van der Waals surface area contributed by atoms with Crippen LogP contribution in [0.1, 0.15) is 78.2 Å². The van der Waals surface area contributed by atoms with Crippen LogP contribution in [-0.2, 0) is 18.9 Å². The summed E-state index contributed by atoms with van der Waals surface area (Å²) in [6.07, 6.45) is 2.72. The molecule has 0 aliphatic rings. The Hall–Kier alpha value is -4.56. The van der Waals surface area contributed by atoms with Gasteiger partial charge in [-0.05, 0) is 49.2 Å². The van der Waals surface area contributed by atoms with Gasteiger partial charge >= 0.3 is 23.9 Å². The SMILES string of the molecule is COC(=O)c1cc(C#CCCCCC#Cc2cc(C(=O)OC)cc(C(=O)OC)c2)cc(C(=O)OC)c1. The molecule has 0 saturated carbocycles. The second kappa shape index (κ2) is 14.0. The number of carbonyl (C=O) groups is 4. The maximum absolute atomic E-state index is 11.9. The first-order valence-corrected chi connectivity index (χ1v) is 10.9. The van der Waals surface area contributed by atoms with Crippen LogP contribution in [0.4, 0.5) is 0 Å². The molecule has 2 aromatic carbocycles. The van der Waals surface area contributed by atoms with E-state index in [1.165, 1.54) is 40.6 Å². The summed E-state index contributed by atoms with van der Waals surface area (Å²) in [6, 6.07) is 9.03. The van der Waals surface area contributed by atoms with E-state index in [2.05, 4.69) is 23.7 Å². The minimum absolute atomic E-state index is 0.214. The molecule has 8 heteroatoms. The predicted molar refractivity (Wildman–Crippen MR) is 130 cm³/mol. The van der Waals surface area contributed by atoms with Crippen LogP contribution in [-0.4, -0.2) is 52.3 Å². The molecule has 0 unspecified atom stereocenters. The standard InChI is InChI=1S/C28H26O8/c1-33-25(29)21-13-19(14-22(17-21)26(30)34-2)11-9-7-5-6-8-10-12-20-15-23(27(31)35-3)18-24(16-20)28(32)36-4/h13-18H,5-8H2,1-4H3. The third-order valence-corrected chi connectivity index (χ3v) is 4.87. The zero-order valence-corrected chi connectivity index (χ0v) is 20.6. The van der Waals surface area contributed by atoms with Gasteiger partial charge in [-0.25, -0.2) is 19.2 Å². The highest BCUT2D eigenvalue weighted by molar-refractivity contribution is 5.96. The van der Waals surface area contributed by atoms with Gasteiger partial charge in [-0.1, -0.05) is 23.7 Å². The normalized spacial score (nSPS) is 9.56. The molecule has 0 aliphatic heterocycles. The fraction of sp³-hybridized carbons (Fsp3) is 0.286. The van der Waals surface area contributed by atoms with Gasteiger partial charge in [0.1, 0.15) is 0 Å². The van der Waals surface area contributed by atoms with Crippen LogP contribution < -0.4 is 0 Å². The molecule has 0 fully saturated rings. The third kappa shape index (κ3) is 8.03. The summed E-state index contributed by atoms with van der Waals surface area (Å²) in [4.78, 5) is 47.4. The molecule has 0 amide bonds. The first kappa shape index (κ1) is 27.7. The molecule has 0 radical (unpaired) electrons. The summed E-state index contributed by atoms with van der Waals surface area (Å²) in [5.74, 6) is 9.68. The summed E-state index contributed by atoms with van der Waals surface area (Å²) < 4.78 is 18.9. The van der Waals surface area contributed by atoms with Gasteiger partial charge in [0.25, 0.3) is 0 Å². The first-order chi connectivity index (χ1) is 17.3. The number of rotatable bonds is 7. The number of unbranched alkanes of at least 4 members (excludes halogenated alkanes) is 3. The van der Waals surface area contributed by atoms with Crippen LogP contribution in [0.25, 0.3) is 0 Å². The maximum Gasteiger partial charge on any atom is 0.337 e. The summed E-state index contributed by atoms with van der Waals surface area (Å²) in [7, 11) is 5.04. The summed E-state index contributed by atoms with van der Waals surface area (Å²) in [5, 5.41) is 0. The van der Waals surface area contributed by atoms with E-state index >= 15 is 0 Å². The molecule has 0 aromatic heterocycles. The maximum atomic E-state index is 11.9. The van der Waals surface area contributed by atoms with Gasteiger partial charge in [0.15, 0.2) is 0 Å². The molecule has 36 heavy (non-hydrogen) atoms. The van der Waals surface area contributed by atoms with Crippen LogP contribution in [0.15, 0.2) is 36.4 Å². The number of carbonyl (C=O) groups excluding carboxylic acids is 4. The van der Waals surface area contributed by atoms with E-state index in [9.17, 15) is 19.2 Å². The molecular formula is C28H26O8. The van der Waals surface area contributed by atoms with Gasteiger partial charge in [-0.2, -0.15) is 0 Å². The lowest BCUT2D eigenvalue weighted by Crippen LogP contribution is -2.07. The third-order valence-electron chi connectivity index (χ3n) is 4.87. The molecule has 2 rings (SSSR count). The predicted octanol–water partition coefficient (Wildman–Crippen LogP) is 3.80. The average molecular weight is 491 g/mol. The smallest absolute Gasteiger partial charge is 0.337 e. The van der Waals surface area contributed by atoms with Crippen molar-refractivity contribution in [1.29, 1.82) is 0 Å². The summed E-state index contributed by atoms with van der Waals surface area (Å²) in [6.45, 7) is 0. The van der Waals surface area contributed by atoms with Crippen LogP contribution in [0, 0.1) is 23.7 Å². The highest BCUT2D eigenvalue weighted by Crippen LogP contribution is 2.14. The molecule has 0 bridgehead atoms. The number of esters is 4. The van der Waals surface area contributed by atoms with E-state index in [0.29, 0.717) is 24.0 Å². The molecule has 2 aromatic rings. The number of hydrogen-bond acceptors (Lipinski definition) is 8. The van der Waals surface area contributed by atoms with E-state index in [1.807, 2.05) is 0 Å². The lowest BCUT2D eigenvalue weighted by molar-refractivity contribution is 0.0581. The van der Waals surface area contributed by atoms with Gasteiger partial charge in [0, 0.05) is 24.0 Å². The number of methoxy groups -OCH3 is 4. The van der Waals surface area contributed by atoms with Gasteiger partial charge < -0.3 is 18.9 Å². The average Bonchev–Trinajstić information content (AvgIpc) is 2.92. The Morgan fingerprint density at radius 1 is 0.528 bits per heavy atom. The summed E-state index contributed by atoms with van der Waals surface area (Å²) in [5.41, 5.74) is 1.87. The highest BCUT2D eigenvalue weighted by Gasteiger charge is 2.14. The molecule has 186 valence electrons. The van der Waals surface area contributed by atoms with Gasteiger partial charge in [-0.3, -0.25) is 0 Å². The minimum atomic E-state index is -0.571. The van der Waals surface area contributed by atoms with Crippen molar-refractivity contribution < 1.29 is 38.1 Å². The molecule has 0 aliphatic carbocycles. The molecule has 0 N–H and O–H groups in total. The monoisotopic (exact) mass is 490 g/mol. The number of benzene rings is 2. The van der Waals surface area contributed by atoms with Gasteiger partial charge in [0.2, 0.25) is 0 Å². The van der Waals surface area contributed by atoms with E-state index < -0.39 is 23.9 Å². The Morgan fingerprint density at radius 2 is 0.806 bits per heavy atom. The van der Waals surface area contributed by atoms with Gasteiger partial charge in [0.05, 0.1) is 50.7 Å². The largest absolute Gasteiger partial charge is 0.465 e. The molecule has 0 spiro atoms. The van der Waals surface area contributed by atoms with Crippen LogP contribution in [0.3, 0.4) is 0 Å². The van der Waals surface area contributed by atoms with Crippen molar-refractivity contribution in [2.45, 2.75) is 25.7 Å². The Labute approximate surface area is 209 Å². The van der Waals surface area contributed by atoms with Crippen molar-refractivity contribution in [3.63, 3.8) is 0 Å². The quantitative estimate of drug-likeness (QED) is 0.250. The fourth-order valence-corrected chi connectivity index (χ4v) is 3.10. The van der Waals surface area contributed by atoms with Crippen LogP contribution in [0.5, 0.6) is 0 Å². The Morgan fingerprint density at radius 3 is 1.06 bits per heavy atom. The Kier molecular flexibility index (Phi) is 10.8. The molecule has 0 heterocycles. The van der Waals surface area contributed by atoms with E-state index in [0.717, 1.165) is 12.8 Å². The van der Waals surface area contributed by atoms with E-state index in [-0.39, 0.29) is 22.3 Å². The van der Waals surface area contributed by atoms with E-state index in [4.69, 9.17) is 18.9 Å². The van der Waals surface area contributed by atoms with Crippen molar-refractivity contribution in [2.75, 3.05) is 28.4 Å². The van der Waals surface area contributed by atoms with Crippen molar-refractivity contribution in [2.24, 2.45) is 0 Å². The topological polar surface area (TPSA) is 105 Å². The molecule has 0 atom stereocenters. The van der Waals surface area contributed by atoms with Crippen LogP contribution in [0.2, 0.25) is 0 Å².